The Labute approximate surface area is 101 Å². The lowest BCUT2D eigenvalue weighted by Crippen LogP contribution is -2.21. The predicted molar refractivity (Wildman–Crippen MR) is 57.2 cm³/mol. The number of fused-ring (bicyclic) bond motifs is 1. The van der Waals surface area contributed by atoms with Crippen LogP contribution >= 0.6 is 0 Å². The Kier molecular flexibility index (Phi) is 3.78. The summed E-state index contributed by atoms with van der Waals surface area (Å²) in [6.07, 6.45) is -1.62. The van der Waals surface area contributed by atoms with Crippen molar-refractivity contribution < 1.29 is 23.1 Å². The number of hydrogen-bond acceptors (Lipinski definition) is 4. The first kappa shape index (κ1) is 14.2. The fourth-order valence-corrected chi connectivity index (χ4v) is 1.37. The zero-order valence-electron chi connectivity index (χ0n) is 9.75. The SMILES string of the molecule is CC1(C)CNc2ncncc21.O=C(O)C(F)(F)F. The van der Waals surface area contributed by atoms with E-state index in [0.29, 0.717) is 0 Å². The highest BCUT2D eigenvalue weighted by Gasteiger charge is 2.38. The Morgan fingerprint density at radius 1 is 1.50 bits per heavy atom. The first-order valence-corrected chi connectivity index (χ1v) is 4.99. The van der Waals surface area contributed by atoms with Crippen LogP contribution in [0, 0.1) is 0 Å². The number of aromatic nitrogens is 2. The molecule has 0 spiro atoms. The molecule has 18 heavy (non-hydrogen) atoms. The van der Waals surface area contributed by atoms with Gasteiger partial charge in [0.1, 0.15) is 12.1 Å². The van der Waals surface area contributed by atoms with Crippen molar-refractivity contribution in [1.29, 1.82) is 0 Å². The minimum atomic E-state index is -5.08. The monoisotopic (exact) mass is 263 g/mol. The van der Waals surface area contributed by atoms with Crippen LogP contribution in [0.5, 0.6) is 0 Å². The molecule has 1 aromatic heterocycles. The molecule has 0 aliphatic carbocycles. The van der Waals surface area contributed by atoms with E-state index < -0.39 is 12.1 Å². The number of nitrogens with one attached hydrogen (secondary N) is 1. The van der Waals surface area contributed by atoms with Gasteiger partial charge in [0, 0.05) is 23.7 Å². The molecule has 8 heteroatoms. The van der Waals surface area contributed by atoms with Gasteiger partial charge in [-0.25, -0.2) is 14.8 Å². The molecule has 0 atom stereocenters. The third-order valence-electron chi connectivity index (χ3n) is 2.38. The van der Waals surface area contributed by atoms with Crippen LogP contribution in [-0.4, -0.2) is 33.8 Å². The number of hydrogen-bond donors (Lipinski definition) is 2. The molecule has 0 radical (unpaired) electrons. The molecule has 0 bridgehead atoms. The lowest BCUT2D eigenvalue weighted by Gasteiger charge is -2.15. The van der Waals surface area contributed by atoms with Crippen molar-refractivity contribution in [2.75, 3.05) is 11.9 Å². The number of halogens is 3. The Morgan fingerprint density at radius 2 is 2.06 bits per heavy atom. The average Bonchev–Trinajstić information content (AvgIpc) is 2.55. The third-order valence-corrected chi connectivity index (χ3v) is 2.38. The number of rotatable bonds is 0. The van der Waals surface area contributed by atoms with Crippen LogP contribution in [0.3, 0.4) is 0 Å². The lowest BCUT2D eigenvalue weighted by atomic mass is 9.89. The van der Waals surface area contributed by atoms with E-state index in [1.807, 2.05) is 6.20 Å². The average molecular weight is 263 g/mol. The second-order valence-corrected chi connectivity index (χ2v) is 4.33. The van der Waals surface area contributed by atoms with Gasteiger partial charge in [0.25, 0.3) is 0 Å². The maximum atomic E-state index is 10.6. The first-order valence-electron chi connectivity index (χ1n) is 4.99. The van der Waals surface area contributed by atoms with E-state index in [4.69, 9.17) is 9.90 Å². The van der Waals surface area contributed by atoms with Crippen LogP contribution in [0.4, 0.5) is 19.0 Å². The Bertz CT molecular complexity index is 446. The van der Waals surface area contributed by atoms with Crippen LogP contribution in [0.15, 0.2) is 12.5 Å². The standard InChI is InChI=1S/C8H11N3.C2HF3O2/c1-8(2)4-10-7-6(8)3-9-5-11-7;3-2(4,5)1(6)7/h3,5H,4H2,1-2H3,(H,9,10,11);(H,6,7). The summed E-state index contributed by atoms with van der Waals surface area (Å²) in [4.78, 5) is 17.0. The van der Waals surface area contributed by atoms with Crippen molar-refractivity contribution in [3.8, 4) is 0 Å². The van der Waals surface area contributed by atoms with E-state index in [-0.39, 0.29) is 5.41 Å². The zero-order valence-corrected chi connectivity index (χ0v) is 9.75. The molecule has 0 fully saturated rings. The predicted octanol–water partition coefficient (Wildman–Crippen LogP) is 1.81. The summed E-state index contributed by atoms with van der Waals surface area (Å²) in [5.74, 6) is -1.77. The van der Waals surface area contributed by atoms with E-state index in [1.54, 1.807) is 6.33 Å². The summed E-state index contributed by atoms with van der Waals surface area (Å²) in [5, 5.41) is 10.4. The molecule has 2 rings (SSSR count). The van der Waals surface area contributed by atoms with Gasteiger partial charge >= 0.3 is 12.1 Å². The molecule has 2 N–H and O–H groups in total. The molecule has 100 valence electrons. The minimum absolute atomic E-state index is 0.191. The number of anilines is 1. The number of carboxylic acid groups (broad SMARTS) is 1. The number of carbonyl (C=O) groups is 1. The number of nitrogens with zero attached hydrogens (tertiary/aromatic N) is 2. The topological polar surface area (TPSA) is 75.1 Å². The Balaban J connectivity index is 0.000000203. The van der Waals surface area contributed by atoms with Crippen molar-refractivity contribution in [2.45, 2.75) is 25.4 Å². The number of carboxylic acids is 1. The van der Waals surface area contributed by atoms with E-state index in [0.717, 1.165) is 12.4 Å². The van der Waals surface area contributed by atoms with Crippen LogP contribution in [0.25, 0.3) is 0 Å². The summed E-state index contributed by atoms with van der Waals surface area (Å²) in [6.45, 7) is 5.34. The highest BCUT2D eigenvalue weighted by Crippen LogP contribution is 2.33. The summed E-state index contributed by atoms with van der Waals surface area (Å²) < 4.78 is 31.7. The second kappa shape index (κ2) is 4.79. The van der Waals surface area contributed by atoms with Crippen molar-refractivity contribution in [3.05, 3.63) is 18.1 Å². The molecule has 0 unspecified atom stereocenters. The molecule has 1 aromatic rings. The van der Waals surface area contributed by atoms with Crippen molar-refractivity contribution in [2.24, 2.45) is 0 Å². The number of aliphatic carboxylic acids is 1. The van der Waals surface area contributed by atoms with Gasteiger partial charge in [0.15, 0.2) is 0 Å². The Morgan fingerprint density at radius 3 is 2.50 bits per heavy atom. The zero-order chi connectivity index (χ0) is 14.0. The molecule has 0 saturated carbocycles. The quantitative estimate of drug-likeness (QED) is 0.746. The van der Waals surface area contributed by atoms with Crippen molar-refractivity contribution in [1.82, 2.24) is 9.97 Å². The van der Waals surface area contributed by atoms with Crippen LogP contribution in [0.1, 0.15) is 19.4 Å². The van der Waals surface area contributed by atoms with Gasteiger partial charge in [-0.15, -0.1) is 0 Å². The van der Waals surface area contributed by atoms with Gasteiger partial charge in [-0.3, -0.25) is 0 Å². The summed E-state index contributed by atoms with van der Waals surface area (Å²) in [6, 6.07) is 0. The Hall–Kier alpha value is -1.86. The van der Waals surface area contributed by atoms with Gasteiger partial charge in [0.2, 0.25) is 0 Å². The van der Waals surface area contributed by atoms with Crippen LogP contribution in [-0.2, 0) is 10.2 Å². The van der Waals surface area contributed by atoms with Gasteiger partial charge in [-0.05, 0) is 0 Å². The summed E-state index contributed by atoms with van der Waals surface area (Å²) in [5.41, 5.74) is 1.41. The van der Waals surface area contributed by atoms with Crippen LogP contribution in [0.2, 0.25) is 0 Å². The summed E-state index contributed by atoms with van der Waals surface area (Å²) in [7, 11) is 0. The molecule has 1 aliphatic heterocycles. The molecule has 0 saturated heterocycles. The first-order chi connectivity index (χ1) is 8.14. The molecule has 0 amide bonds. The molecule has 5 nitrogen and oxygen atoms in total. The van der Waals surface area contributed by atoms with Gasteiger partial charge in [-0.1, -0.05) is 13.8 Å². The molecular weight excluding hydrogens is 251 g/mol. The van der Waals surface area contributed by atoms with Gasteiger partial charge in [-0.2, -0.15) is 13.2 Å². The van der Waals surface area contributed by atoms with Gasteiger partial charge in [0.05, 0.1) is 0 Å². The highest BCUT2D eigenvalue weighted by atomic mass is 19.4. The maximum Gasteiger partial charge on any atom is 0.490 e. The molecule has 0 aromatic carbocycles. The minimum Gasteiger partial charge on any atom is -0.475 e. The fraction of sp³-hybridized carbons (Fsp3) is 0.500. The fourth-order valence-electron chi connectivity index (χ4n) is 1.37. The third kappa shape index (κ3) is 3.31. The van der Waals surface area contributed by atoms with Crippen molar-refractivity contribution in [3.63, 3.8) is 0 Å². The number of alkyl halides is 3. The lowest BCUT2D eigenvalue weighted by molar-refractivity contribution is -0.192. The van der Waals surface area contributed by atoms with E-state index in [2.05, 4.69) is 29.1 Å². The smallest absolute Gasteiger partial charge is 0.475 e. The highest BCUT2D eigenvalue weighted by molar-refractivity contribution is 5.73. The van der Waals surface area contributed by atoms with E-state index in [9.17, 15) is 13.2 Å². The van der Waals surface area contributed by atoms with Gasteiger partial charge < -0.3 is 10.4 Å². The molecular formula is C10H12F3N3O2. The van der Waals surface area contributed by atoms with E-state index in [1.165, 1.54) is 5.56 Å². The maximum absolute atomic E-state index is 10.6. The largest absolute Gasteiger partial charge is 0.490 e. The summed E-state index contributed by atoms with van der Waals surface area (Å²) >= 11 is 0. The molecule has 2 heterocycles. The van der Waals surface area contributed by atoms with Crippen molar-refractivity contribution >= 4 is 11.8 Å². The van der Waals surface area contributed by atoms with E-state index >= 15 is 0 Å². The molecule has 1 aliphatic rings. The normalized spacial score (nSPS) is 16.1. The second-order valence-electron chi connectivity index (χ2n) is 4.33. The van der Waals surface area contributed by atoms with Crippen LogP contribution < -0.4 is 5.32 Å².